The van der Waals surface area contributed by atoms with E-state index in [1.165, 1.54) is 0 Å². The van der Waals surface area contributed by atoms with Gasteiger partial charge in [0, 0.05) is 11.0 Å². The van der Waals surface area contributed by atoms with Crippen LogP contribution in [0.3, 0.4) is 0 Å². The lowest BCUT2D eigenvalue weighted by atomic mass is 10.2. The molecule has 7 heteroatoms. The van der Waals surface area contributed by atoms with Gasteiger partial charge < -0.3 is 5.32 Å². The molecule has 0 spiro atoms. The first-order valence-electron chi connectivity index (χ1n) is 6.42. The second-order valence-electron chi connectivity index (χ2n) is 4.72. The number of aromatic nitrogens is 4. The van der Waals surface area contributed by atoms with E-state index in [0.717, 1.165) is 21.4 Å². The van der Waals surface area contributed by atoms with Crippen molar-refractivity contribution in [3.8, 4) is 0 Å². The number of nitrogens with one attached hydrogen (secondary N) is 1. The lowest BCUT2D eigenvalue weighted by molar-refractivity contribution is 0.883. The van der Waals surface area contributed by atoms with Gasteiger partial charge in [0.05, 0.1) is 16.4 Å². The molecule has 0 fully saturated rings. The highest BCUT2D eigenvalue weighted by molar-refractivity contribution is 9.10. The summed E-state index contributed by atoms with van der Waals surface area (Å²) in [6.07, 6.45) is 0. The molecule has 0 radical (unpaired) electrons. The van der Waals surface area contributed by atoms with Crippen LogP contribution in [0.2, 0.25) is 5.02 Å². The highest BCUT2D eigenvalue weighted by Crippen LogP contribution is 2.19. The third kappa shape index (κ3) is 2.87. The van der Waals surface area contributed by atoms with E-state index >= 15 is 0 Å². The fraction of sp³-hybridized carbons (Fsp3) is 0.214. The van der Waals surface area contributed by atoms with Gasteiger partial charge in [-0.2, -0.15) is 9.50 Å². The zero-order chi connectivity index (χ0) is 15.0. The summed E-state index contributed by atoms with van der Waals surface area (Å²) in [7, 11) is 0. The highest BCUT2D eigenvalue weighted by atomic mass is 79.9. The van der Waals surface area contributed by atoms with Crippen LogP contribution in [0, 0.1) is 13.8 Å². The summed E-state index contributed by atoms with van der Waals surface area (Å²) < 4.78 is 2.71. The van der Waals surface area contributed by atoms with Gasteiger partial charge >= 0.3 is 0 Å². The molecule has 1 aromatic carbocycles. The predicted octanol–water partition coefficient (Wildman–Crippen LogP) is 3.77. The standard InChI is InChI=1S/C14H13BrClN5/c1-8-12(16)9(2)21-14(18-8)19-13(20-21)17-7-10-3-5-11(15)6-4-10/h3-6H,7H2,1-2H3,(H,17,20). The van der Waals surface area contributed by atoms with Gasteiger partial charge in [-0.3, -0.25) is 0 Å². The maximum Gasteiger partial charge on any atom is 0.254 e. The number of anilines is 1. The number of hydrogen-bond acceptors (Lipinski definition) is 4. The molecule has 0 aliphatic carbocycles. The molecule has 0 aliphatic heterocycles. The van der Waals surface area contributed by atoms with Gasteiger partial charge in [0.15, 0.2) is 0 Å². The Morgan fingerprint density at radius 2 is 1.90 bits per heavy atom. The maximum absolute atomic E-state index is 6.18. The predicted molar refractivity (Wildman–Crippen MR) is 86.7 cm³/mol. The monoisotopic (exact) mass is 365 g/mol. The summed E-state index contributed by atoms with van der Waals surface area (Å²) >= 11 is 9.59. The van der Waals surface area contributed by atoms with Crippen molar-refractivity contribution in [3.63, 3.8) is 0 Å². The summed E-state index contributed by atoms with van der Waals surface area (Å²) in [5.74, 6) is 1.09. The van der Waals surface area contributed by atoms with Crippen molar-refractivity contribution < 1.29 is 0 Å². The number of benzene rings is 1. The molecule has 5 nitrogen and oxygen atoms in total. The Bertz CT molecular complexity index is 797. The second kappa shape index (κ2) is 5.61. The van der Waals surface area contributed by atoms with Crippen molar-refractivity contribution in [1.29, 1.82) is 0 Å². The van der Waals surface area contributed by atoms with Gasteiger partial charge in [-0.1, -0.05) is 39.7 Å². The molecule has 0 amide bonds. The zero-order valence-corrected chi connectivity index (χ0v) is 13.9. The van der Waals surface area contributed by atoms with E-state index in [9.17, 15) is 0 Å². The molecule has 0 aliphatic rings. The molecule has 21 heavy (non-hydrogen) atoms. The molecule has 2 aromatic heterocycles. The number of halogens is 2. The van der Waals surface area contributed by atoms with Gasteiger partial charge in [0.1, 0.15) is 0 Å². The van der Waals surface area contributed by atoms with Crippen LogP contribution in [0.1, 0.15) is 17.0 Å². The van der Waals surface area contributed by atoms with Crippen molar-refractivity contribution in [2.75, 3.05) is 5.32 Å². The van der Waals surface area contributed by atoms with Crippen LogP contribution in [-0.2, 0) is 6.54 Å². The van der Waals surface area contributed by atoms with Gasteiger partial charge in [0.25, 0.3) is 5.78 Å². The Morgan fingerprint density at radius 1 is 1.19 bits per heavy atom. The Morgan fingerprint density at radius 3 is 2.62 bits per heavy atom. The molecule has 108 valence electrons. The largest absolute Gasteiger partial charge is 0.349 e. The van der Waals surface area contributed by atoms with E-state index < -0.39 is 0 Å². The lowest BCUT2D eigenvalue weighted by Crippen LogP contribution is -2.02. The molecule has 0 saturated heterocycles. The zero-order valence-electron chi connectivity index (χ0n) is 11.6. The number of aryl methyl sites for hydroxylation is 2. The van der Waals surface area contributed by atoms with Crippen LogP contribution < -0.4 is 5.32 Å². The summed E-state index contributed by atoms with van der Waals surface area (Å²) in [6, 6.07) is 8.08. The van der Waals surface area contributed by atoms with Crippen molar-refractivity contribution in [3.05, 3.63) is 50.7 Å². The van der Waals surface area contributed by atoms with Crippen LogP contribution in [-0.4, -0.2) is 19.6 Å². The van der Waals surface area contributed by atoms with E-state index in [4.69, 9.17) is 11.6 Å². The van der Waals surface area contributed by atoms with Gasteiger partial charge in [-0.15, -0.1) is 5.10 Å². The first-order valence-corrected chi connectivity index (χ1v) is 7.59. The molecular formula is C14H13BrClN5. The maximum atomic E-state index is 6.18. The number of hydrogen-bond donors (Lipinski definition) is 1. The number of nitrogens with zero attached hydrogens (tertiary/aromatic N) is 4. The van der Waals surface area contributed by atoms with Crippen molar-refractivity contribution in [1.82, 2.24) is 19.6 Å². The first kappa shape index (κ1) is 14.3. The number of rotatable bonds is 3. The third-order valence-corrected chi connectivity index (χ3v) is 4.25. The Balaban J connectivity index is 1.85. The molecular weight excluding hydrogens is 354 g/mol. The van der Waals surface area contributed by atoms with E-state index in [1.807, 2.05) is 38.1 Å². The van der Waals surface area contributed by atoms with Crippen LogP contribution >= 0.6 is 27.5 Å². The van der Waals surface area contributed by atoms with Crippen molar-refractivity contribution in [2.24, 2.45) is 0 Å². The van der Waals surface area contributed by atoms with Crippen molar-refractivity contribution in [2.45, 2.75) is 20.4 Å². The van der Waals surface area contributed by atoms with Crippen LogP contribution in [0.4, 0.5) is 5.95 Å². The van der Waals surface area contributed by atoms with Crippen LogP contribution in [0.25, 0.3) is 5.78 Å². The Hall–Kier alpha value is -1.66. The normalized spacial score (nSPS) is 11.0. The summed E-state index contributed by atoms with van der Waals surface area (Å²) in [4.78, 5) is 8.70. The third-order valence-electron chi connectivity index (χ3n) is 3.17. The Labute approximate surface area is 135 Å². The number of fused-ring (bicyclic) bond motifs is 1. The second-order valence-corrected chi connectivity index (χ2v) is 6.02. The molecule has 3 rings (SSSR count). The fourth-order valence-electron chi connectivity index (χ4n) is 2.01. The summed E-state index contributed by atoms with van der Waals surface area (Å²) in [6.45, 7) is 4.41. The quantitative estimate of drug-likeness (QED) is 0.766. The van der Waals surface area contributed by atoms with Crippen molar-refractivity contribution >= 4 is 39.3 Å². The minimum absolute atomic E-state index is 0.537. The van der Waals surface area contributed by atoms with E-state index in [-0.39, 0.29) is 0 Å². The van der Waals surface area contributed by atoms with Crippen LogP contribution in [0.5, 0.6) is 0 Å². The smallest absolute Gasteiger partial charge is 0.254 e. The first-order chi connectivity index (χ1) is 10.0. The minimum Gasteiger partial charge on any atom is -0.349 e. The van der Waals surface area contributed by atoms with Crippen LogP contribution in [0.15, 0.2) is 28.7 Å². The molecule has 0 unspecified atom stereocenters. The van der Waals surface area contributed by atoms with Gasteiger partial charge in [-0.05, 0) is 31.5 Å². The van der Waals surface area contributed by atoms with E-state index in [1.54, 1.807) is 4.52 Å². The summed E-state index contributed by atoms with van der Waals surface area (Å²) in [5.41, 5.74) is 2.74. The molecule has 0 saturated carbocycles. The summed E-state index contributed by atoms with van der Waals surface area (Å²) in [5, 5.41) is 8.20. The average molecular weight is 367 g/mol. The molecule has 0 bridgehead atoms. The lowest BCUT2D eigenvalue weighted by Gasteiger charge is -2.02. The average Bonchev–Trinajstić information content (AvgIpc) is 2.87. The van der Waals surface area contributed by atoms with E-state index in [2.05, 4.69) is 36.3 Å². The molecule has 2 heterocycles. The molecule has 0 atom stereocenters. The fourth-order valence-corrected chi connectivity index (χ4v) is 2.40. The van der Waals surface area contributed by atoms with Gasteiger partial charge in [0.2, 0.25) is 5.95 Å². The molecule has 1 N–H and O–H groups in total. The topological polar surface area (TPSA) is 55.1 Å². The SMILES string of the molecule is Cc1nc2nc(NCc3ccc(Br)cc3)nn2c(C)c1Cl. The van der Waals surface area contributed by atoms with Gasteiger partial charge in [-0.25, -0.2) is 4.98 Å². The molecule has 3 aromatic rings. The Kier molecular flexibility index (Phi) is 3.82. The minimum atomic E-state index is 0.537. The highest BCUT2D eigenvalue weighted by Gasteiger charge is 2.11. The van der Waals surface area contributed by atoms with E-state index in [0.29, 0.717) is 23.3 Å².